The molecule has 1 N–H and O–H groups in total. The first kappa shape index (κ1) is 6.53. The summed E-state index contributed by atoms with van der Waals surface area (Å²) in [6, 6.07) is 0.453. The van der Waals surface area contributed by atoms with E-state index in [0.717, 1.165) is 5.76 Å². The van der Waals surface area contributed by atoms with E-state index in [1.165, 1.54) is 0 Å². The average Bonchev–Trinajstić information content (AvgIpc) is 2.50. The lowest BCUT2D eigenvalue weighted by Crippen LogP contribution is -2.25. The third-order valence-electron chi connectivity index (χ3n) is 2.08. The molecule has 2 atom stereocenters. The highest BCUT2D eigenvalue weighted by Crippen LogP contribution is 2.21. The van der Waals surface area contributed by atoms with Gasteiger partial charge in [0.1, 0.15) is 5.76 Å². The molecule has 0 radical (unpaired) electrons. The molecule has 0 saturated carbocycles. The third kappa shape index (κ3) is 1.04. The van der Waals surface area contributed by atoms with Crippen molar-refractivity contribution in [1.82, 2.24) is 5.32 Å². The quantitative estimate of drug-likeness (QED) is 0.604. The Balaban J connectivity index is 2.19. The predicted octanol–water partition coefficient (Wildman–Crippen LogP) is 1.19. The van der Waals surface area contributed by atoms with Crippen LogP contribution in [-0.4, -0.2) is 13.2 Å². The molecule has 58 valence electrons. The smallest absolute Gasteiger partial charge is 0.115 e. The lowest BCUT2D eigenvalue weighted by atomic mass is 9.97. The molecule has 0 spiro atoms. The second kappa shape index (κ2) is 2.46. The fraction of sp³-hybridized carbons (Fsp3) is 0.333. The molecule has 2 nitrogen and oxygen atoms in total. The summed E-state index contributed by atoms with van der Waals surface area (Å²) in [6.07, 6.45) is 10.4. The Morgan fingerprint density at radius 1 is 1.45 bits per heavy atom. The van der Waals surface area contributed by atoms with E-state index in [1.54, 1.807) is 7.11 Å². The highest BCUT2D eigenvalue weighted by Gasteiger charge is 2.21. The van der Waals surface area contributed by atoms with Gasteiger partial charge in [-0.1, -0.05) is 12.2 Å². The Morgan fingerprint density at radius 2 is 2.36 bits per heavy atom. The minimum absolute atomic E-state index is 0.453. The van der Waals surface area contributed by atoms with Gasteiger partial charge in [0, 0.05) is 5.92 Å². The van der Waals surface area contributed by atoms with Crippen LogP contribution in [0.2, 0.25) is 0 Å². The Labute approximate surface area is 66.2 Å². The summed E-state index contributed by atoms with van der Waals surface area (Å²) in [4.78, 5) is 0. The first-order valence-electron chi connectivity index (χ1n) is 3.77. The number of nitrogens with one attached hydrogen (secondary N) is 1. The van der Waals surface area contributed by atoms with Crippen molar-refractivity contribution < 1.29 is 4.74 Å². The average molecular weight is 149 g/mol. The van der Waals surface area contributed by atoms with E-state index in [0.29, 0.717) is 12.0 Å². The first-order valence-corrected chi connectivity index (χ1v) is 3.77. The molecule has 0 fully saturated rings. The van der Waals surface area contributed by atoms with Gasteiger partial charge in [0.05, 0.1) is 13.2 Å². The van der Waals surface area contributed by atoms with Crippen LogP contribution >= 0.6 is 0 Å². The molecule has 0 aromatic rings. The van der Waals surface area contributed by atoms with Gasteiger partial charge in [0.15, 0.2) is 0 Å². The molecule has 1 aliphatic carbocycles. The van der Waals surface area contributed by atoms with Crippen LogP contribution in [0.3, 0.4) is 0 Å². The molecular formula is C9H11NO. The van der Waals surface area contributed by atoms with Gasteiger partial charge in [0.2, 0.25) is 0 Å². The summed E-state index contributed by atoms with van der Waals surface area (Å²) in [5, 5.41) is 3.24. The number of ether oxygens (including phenoxy) is 1. The molecule has 2 unspecified atom stereocenters. The number of allylic oxidation sites excluding steroid dienone is 1. The van der Waals surface area contributed by atoms with Crippen LogP contribution < -0.4 is 5.32 Å². The second-order valence-corrected chi connectivity index (χ2v) is 2.76. The van der Waals surface area contributed by atoms with E-state index >= 15 is 0 Å². The Morgan fingerprint density at radius 3 is 3.18 bits per heavy atom. The van der Waals surface area contributed by atoms with Gasteiger partial charge in [-0.05, 0) is 18.4 Å². The first-order chi connectivity index (χ1) is 5.40. The van der Waals surface area contributed by atoms with Crippen LogP contribution in [-0.2, 0) is 4.74 Å². The molecule has 11 heavy (non-hydrogen) atoms. The molecule has 1 heterocycles. The summed E-state index contributed by atoms with van der Waals surface area (Å²) in [6.45, 7) is 0. The molecule has 2 aliphatic rings. The number of hydrogen-bond donors (Lipinski definition) is 1. The van der Waals surface area contributed by atoms with Crippen molar-refractivity contribution in [3.63, 3.8) is 0 Å². The Bertz CT molecular complexity index is 240. The molecular weight excluding hydrogens is 138 g/mol. The van der Waals surface area contributed by atoms with Crippen molar-refractivity contribution >= 4 is 0 Å². The van der Waals surface area contributed by atoms with E-state index in [2.05, 4.69) is 23.5 Å². The number of methoxy groups -OCH3 is 1. The summed E-state index contributed by atoms with van der Waals surface area (Å²) in [5.74, 6) is 1.44. The molecule has 1 aliphatic heterocycles. The molecule has 0 aromatic carbocycles. The van der Waals surface area contributed by atoms with Gasteiger partial charge in [0.25, 0.3) is 0 Å². The van der Waals surface area contributed by atoms with Crippen molar-refractivity contribution in [2.75, 3.05) is 7.11 Å². The van der Waals surface area contributed by atoms with Gasteiger partial charge < -0.3 is 10.1 Å². The van der Waals surface area contributed by atoms with Crippen LogP contribution in [0, 0.1) is 5.92 Å². The highest BCUT2D eigenvalue weighted by molar-refractivity contribution is 5.29. The minimum Gasteiger partial charge on any atom is -0.497 e. The largest absolute Gasteiger partial charge is 0.497 e. The predicted molar refractivity (Wildman–Crippen MR) is 43.8 cm³/mol. The van der Waals surface area contributed by atoms with Crippen molar-refractivity contribution in [2.24, 2.45) is 5.92 Å². The van der Waals surface area contributed by atoms with Gasteiger partial charge in [-0.2, -0.15) is 0 Å². The maximum atomic E-state index is 5.11. The van der Waals surface area contributed by atoms with Crippen molar-refractivity contribution in [3.05, 3.63) is 36.3 Å². The Kier molecular flexibility index (Phi) is 1.46. The highest BCUT2D eigenvalue weighted by atomic mass is 16.5. The number of rotatable bonds is 1. The van der Waals surface area contributed by atoms with Crippen LogP contribution in [0.5, 0.6) is 0 Å². The molecule has 2 rings (SSSR count). The second-order valence-electron chi connectivity index (χ2n) is 2.76. The van der Waals surface area contributed by atoms with Crippen molar-refractivity contribution in [2.45, 2.75) is 6.04 Å². The van der Waals surface area contributed by atoms with E-state index in [4.69, 9.17) is 4.74 Å². The molecule has 0 aromatic heterocycles. The van der Waals surface area contributed by atoms with Crippen molar-refractivity contribution in [3.8, 4) is 0 Å². The fourth-order valence-electron chi connectivity index (χ4n) is 1.43. The van der Waals surface area contributed by atoms with Gasteiger partial charge in [-0.15, -0.1) is 0 Å². The number of hydrogen-bond acceptors (Lipinski definition) is 2. The molecule has 2 heteroatoms. The van der Waals surface area contributed by atoms with E-state index in [-0.39, 0.29) is 0 Å². The van der Waals surface area contributed by atoms with Crippen LogP contribution in [0.1, 0.15) is 0 Å². The monoisotopic (exact) mass is 149 g/mol. The zero-order valence-corrected chi connectivity index (χ0v) is 6.45. The van der Waals surface area contributed by atoms with E-state index in [1.807, 2.05) is 12.3 Å². The van der Waals surface area contributed by atoms with Gasteiger partial charge in [-0.3, -0.25) is 0 Å². The fourth-order valence-corrected chi connectivity index (χ4v) is 1.43. The zero-order valence-electron chi connectivity index (χ0n) is 6.45. The van der Waals surface area contributed by atoms with E-state index in [9.17, 15) is 0 Å². The minimum atomic E-state index is 0.453. The maximum Gasteiger partial charge on any atom is 0.115 e. The molecule has 0 bridgehead atoms. The van der Waals surface area contributed by atoms with Crippen LogP contribution in [0.25, 0.3) is 0 Å². The Hall–Kier alpha value is -1.18. The molecule has 0 saturated heterocycles. The van der Waals surface area contributed by atoms with Gasteiger partial charge >= 0.3 is 0 Å². The van der Waals surface area contributed by atoms with Crippen LogP contribution in [0.4, 0.5) is 0 Å². The SMILES string of the molecule is COC1=CC2C=CNC2C=C1. The lowest BCUT2D eigenvalue weighted by molar-refractivity contribution is 0.300. The summed E-state index contributed by atoms with van der Waals surface area (Å²) < 4.78 is 5.11. The maximum absolute atomic E-state index is 5.11. The van der Waals surface area contributed by atoms with Crippen LogP contribution in [0.15, 0.2) is 36.3 Å². The third-order valence-corrected chi connectivity index (χ3v) is 2.08. The number of fused-ring (bicyclic) bond motifs is 1. The zero-order chi connectivity index (χ0) is 7.68. The van der Waals surface area contributed by atoms with Crippen molar-refractivity contribution in [1.29, 1.82) is 0 Å². The summed E-state index contributed by atoms with van der Waals surface area (Å²) in [7, 11) is 1.70. The topological polar surface area (TPSA) is 21.3 Å². The standard InChI is InChI=1S/C9H11NO/c1-11-8-2-3-9-7(6-8)4-5-10-9/h2-7,9-10H,1H3. The van der Waals surface area contributed by atoms with Gasteiger partial charge in [-0.25, -0.2) is 0 Å². The lowest BCUT2D eigenvalue weighted by Gasteiger charge is -2.17. The summed E-state index contributed by atoms with van der Waals surface area (Å²) >= 11 is 0. The normalized spacial score (nSPS) is 32.6. The van der Waals surface area contributed by atoms with E-state index < -0.39 is 0 Å². The molecule has 0 amide bonds. The summed E-state index contributed by atoms with van der Waals surface area (Å²) in [5.41, 5.74) is 0.